The van der Waals surface area contributed by atoms with Gasteiger partial charge < -0.3 is 15.5 Å². The molecule has 1 aromatic heterocycles. The second kappa shape index (κ2) is 9.02. The fraction of sp³-hybridized carbons (Fsp3) is 0.400. The minimum absolute atomic E-state index is 0. The van der Waals surface area contributed by atoms with Crippen LogP contribution in [0.1, 0.15) is 24.3 Å². The zero-order valence-electron chi connectivity index (χ0n) is 15.6. The van der Waals surface area contributed by atoms with Crippen LogP contribution in [0.2, 0.25) is 0 Å². The van der Waals surface area contributed by atoms with Gasteiger partial charge in [-0.3, -0.25) is 4.99 Å². The summed E-state index contributed by atoms with van der Waals surface area (Å²) in [5.41, 5.74) is 0.753. The molecule has 2 fully saturated rings. The van der Waals surface area contributed by atoms with Crippen LogP contribution in [0.3, 0.4) is 0 Å². The number of nitrogens with zero attached hydrogens (tertiary/aromatic N) is 3. The molecule has 2 N–H and O–H groups in total. The van der Waals surface area contributed by atoms with Gasteiger partial charge in [-0.05, 0) is 36.6 Å². The van der Waals surface area contributed by atoms with Crippen molar-refractivity contribution in [1.29, 1.82) is 0 Å². The summed E-state index contributed by atoms with van der Waals surface area (Å²) >= 11 is 0. The normalized spacial score (nSPS) is 23.9. The summed E-state index contributed by atoms with van der Waals surface area (Å²) < 4.78 is 27.8. The molecule has 1 aliphatic carbocycles. The molecular formula is C20H24F2IN5. The molecule has 0 bridgehead atoms. The molecule has 1 aliphatic heterocycles. The van der Waals surface area contributed by atoms with Gasteiger partial charge in [0.15, 0.2) is 17.6 Å². The molecule has 2 heterocycles. The highest BCUT2D eigenvalue weighted by Gasteiger charge is 2.40. The van der Waals surface area contributed by atoms with Gasteiger partial charge in [0.05, 0.1) is 0 Å². The molecule has 1 aromatic carbocycles. The lowest BCUT2D eigenvalue weighted by atomic mass is 10.1. The molecule has 2 aromatic rings. The number of rotatable bonds is 4. The highest BCUT2D eigenvalue weighted by atomic mass is 127. The van der Waals surface area contributed by atoms with E-state index >= 15 is 0 Å². The van der Waals surface area contributed by atoms with Gasteiger partial charge in [-0.15, -0.1) is 24.0 Å². The van der Waals surface area contributed by atoms with Crippen LogP contribution in [0.25, 0.3) is 0 Å². The Morgan fingerprint density at radius 3 is 2.68 bits per heavy atom. The monoisotopic (exact) mass is 499 g/mol. The highest BCUT2D eigenvalue weighted by Crippen LogP contribution is 2.41. The first-order valence-corrected chi connectivity index (χ1v) is 9.25. The highest BCUT2D eigenvalue weighted by molar-refractivity contribution is 14.0. The predicted octanol–water partition coefficient (Wildman–Crippen LogP) is 3.28. The molecule has 8 heteroatoms. The molecule has 4 rings (SSSR count). The lowest BCUT2D eigenvalue weighted by Gasteiger charge is -2.20. The molecule has 1 saturated heterocycles. The number of hydrogen-bond acceptors (Lipinski definition) is 3. The molecule has 150 valence electrons. The van der Waals surface area contributed by atoms with E-state index in [1.807, 2.05) is 17.0 Å². The van der Waals surface area contributed by atoms with Gasteiger partial charge in [0.25, 0.3) is 0 Å². The standard InChI is InChI=1S/C20H23F2N5.HI/c1-23-20(26-18-11-15(18)14-5-2-3-6-16(14)21)25-13-8-10-27(12-13)19-17(22)7-4-9-24-19;/h2-7,9,13,15,18H,8,10-12H2,1H3,(H2,23,25,26);1H. The number of pyridine rings is 1. The first-order valence-electron chi connectivity index (χ1n) is 9.25. The van der Waals surface area contributed by atoms with E-state index in [9.17, 15) is 8.78 Å². The van der Waals surface area contributed by atoms with E-state index in [4.69, 9.17) is 0 Å². The van der Waals surface area contributed by atoms with Crippen molar-refractivity contribution < 1.29 is 8.78 Å². The molecule has 0 amide bonds. The third-order valence-corrected chi connectivity index (χ3v) is 5.21. The molecule has 5 nitrogen and oxygen atoms in total. The average Bonchev–Trinajstić information content (AvgIpc) is 3.28. The van der Waals surface area contributed by atoms with Crippen LogP contribution >= 0.6 is 24.0 Å². The molecule has 28 heavy (non-hydrogen) atoms. The molecule has 2 aliphatic rings. The van der Waals surface area contributed by atoms with Crippen molar-refractivity contribution in [2.24, 2.45) is 4.99 Å². The molecule has 1 saturated carbocycles. The van der Waals surface area contributed by atoms with Crippen molar-refractivity contribution in [2.45, 2.75) is 30.8 Å². The summed E-state index contributed by atoms with van der Waals surface area (Å²) in [5, 5.41) is 6.77. The summed E-state index contributed by atoms with van der Waals surface area (Å²) in [5.74, 6) is 0.816. The largest absolute Gasteiger partial charge is 0.353 e. The van der Waals surface area contributed by atoms with Crippen LogP contribution in [0, 0.1) is 11.6 Å². The predicted molar refractivity (Wildman–Crippen MR) is 117 cm³/mol. The molecular weight excluding hydrogens is 475 g/mol. The van der Waals surface area contributed by atoms with Crippen molar-refractivity contribution in [2.75, 3.05) is 25.0 Å². The number of nitrogens with one attached hydrogen (secondary N) is 2. The van der Waals surface area contributed by atoms with Gasteiger partial charge in [0.1, 0.15) is 5.82 Å². The molecule has 0 spiro atoms. The second-order valence-electron chi connectivity index (χ2n) is 7.07. The Kier molecular flexibility index (Phi) is 6.69. The number of guanidine groups is 1. The Morgan fingerprint density at radius 2 is 1.93 bits per heavy atom. The lowest BCUT2D eigenvalue weighted by molar-refractivity contribution is 0.605. The Labute approximate surface area is 180 Å². The summed E-state index contributed by atoms with van der Waals surface area (Å²) in [6.07, 6.45) is 3.37. The Bertz CT molecular complexity index is 847. The van der Waals surface area contributed by atoms with Gasteiger partial charge in [-0.25, -0.2) is 13.8 Å². The molecule has 0 radical (unpaired) electrons. The van der Waals surface area contributed by atoms with E-state index < -0.39 is 0 Å². The second-order valence-corrected chi connectivity index (χ2v) is 7.07. The van der Waals surface area contributed by atoms with E-state index in [-0.39, 0.29) is 53.6 Å². The number of halogens is 3. The van der Waals surface area contributed by atoms with Crippen LogP contribution in [0.5, 0.6) is 0 Å². The third kappa shape index (κ3) is 4.53. The summed E-state index contributed by atoms with van der Waals surface area (Å²) in [4.78, 5) is 10.4. The smallest absolute Gasteiger partial charge is 0.191 e. The number of aliphatic imine (C=N–C) groups is 1. The van der Waals surface area contributed by atoms with E-state index in [1.54, 1.807) is 25.4 Å². The van der Waals surface area contributed by atoms with E-state index in [0.29, 0.717) is 18.3 Å². The maximum Gasteiger partial charge on any atom is 0.191 e. The van der Waals surface area contributed by atoms with E-state index in [2.05, 4.69) is 20.6 Å². The van der Waals surface area contributed by atoms with E-state index in [0.717, 1.165) is 24.9 Å². The van der Waals surface area contributed by atoms with E-state index in [1.165, 1.54) is 12.1 Å². The molecule has 3 atom stereocenters. The minimum Gasteiger partial charge on any atom is -0.353 e. The maximum absolute atomic E-state index is 13.9. The Morgan fingerprint density at radius 1 is 1.14 bits per heavy atom. The van der Waals surface area contributed by atoms with Gasteiger partial charge in [0.2, 0.25) is 0 Å². The van der Waals surface area contributed by atoms with Crippen molar-refractivity contribution >= 4 is 35.8 Å². The van der Waals surface area contributed by atoms with Gasteiger partial charge in [-0.1, -0.05) is 18.2 Å². The van der Waals surface area contributed by atoms with Crippen molar-refractivity contribution in [1.82, 2.24) is 15.6 Å². The zero-order valence-corrected chi connectivity index (χ0v) is 17.9. The Hall–Kier alpha value is -1.97. The third-order valence-electron chi connectivity index (χ3n) is 5.21. The number of benzene rings is 1. The van der Waals surface area contributed by atoms with Crippen molar-refractivity contribution in [3.8, 4) is 0 Å². The average molecular weight is 499 g/mol. The maximum atomic E-state index is 13.9. The summed E-state index contributed by atoms with van der Waals surface area (Å²) in [6, 6.07) is 10.3. The first-order chi connectivity index (χ1) is 13.2. The van der Waals surface area contributed by atoms with Gasteiger partial charge in [-0.2, -0.15) is 0 Å². The zero-order chi connectivity index (χ0) is 18.8. The van der Waals surface area contributed by atoms with Gasteiger partial charge >= 0.3 is 0 Å². The minimum atomic E-state index is -0.300. The summed E-state index contributed by atoms with van der Waals surface area (Å²) in [7, 11) is 1.72. The van der Waals surface area contributed by atoms with Crippen LogP contribution in [-0.4, -0.2) is 43.2 Å². The number of hydrogen-bond donors (Lipinski definition) is 2. The quantitative estimate of drug-likeness (QED) is 0.386. The Balaban J connectivity index is 0.00000225. The lowest BCUT2D eigenvalue weighted by Crippen LogP contribution is -2.45. The van der Waals surface area contributed by atoms with Gasteiger partial charge in [0, 0.05) is 44.3 Å². The molecule has 3 unspecified atom stereocenters. The SMILES string of the molecule is CN=C(NC1CCN(c2ncccc2F)C1)NC1CC1c1ccccc1F.I. The van der Waals surface area contributed by atoms with Crippen LogP contribution < -0.4 is 15.5 Å². The van der Waals surface area contributed by atoms with Crippen molar-refractivity contribution in [3.05, 3.63) is 59.8 Å². The topological polar surface area (TPSA) is 52.6 Å². The fourth-order valence-electron chi connectivity index (χ4n) is 3.69. The summed E-state index contributed by atoms with van der Waals surface area (Å²) in [6.45, 7) is 1.40. The van der Waals surface area contributed by atoms with Crippen LogP contribution in [0.15, 0.2) is 47.6 Å². The fourth-order valence-corrected chi connectivity index (χ4v) is 3.69. The first kappa shape index (κ1) is 20.8. The van der Waals surface area contributed by atoms with Crippen molar-refractivity contribution in [3.63, 3.8) is 0 Å². The van der Waals surface area contributed by atoms with Crippen LogP contribution in [0.4, 0.5) is 14.6 Å². The number of aromatic nitrogens is 1. The number of anilines is 1. The van der Waals surface area contributed by atoms with Crippen LogP contribution in [-0.2, 0) is 0 Å².